The molecule has 0 atom stereocenters. The highest BCUT2D eigenvalue weighted by atomic mass is 32.2. The monoisotopic (exact) mass is 433 g/mol. The van der Waals surface area contributed by atoms with E-state index in [0.717, 1.165) is 21.8 Å². The minimum Gasteiger partial charge on any atom is -0.302 e. The van der Waals surface area contributed by atoms with Crippen molar-refractivity contribution < 1.29 is 13.6 Å². The second kappa shape index (κ2) is 8.38. The fourth-order valence-electron chi connectivity index (χ4n) is 3.53. The summed E-state index contributed by atoms with van der Waals surface area (Å²) >= 11 is 2.77. The third kappa shape index (κ3) is 4.60. The number of aryl methyl sites for hydroxylation is 2. The third-order valence-corrected chi connectivity index (χ3v) is 7.08. The van der Waals surface area contributed by atoms with Gasteiger partial charge < -0.3 is 5.32 Å². The Morgan fingerprint density at radius 1 is 1.21 bits per heavy atom. The van der Waals surface area contributed by atoms with E-state index >= 15 is 0 Å². The maximum atomic E-state index is 13.8. The zero-order valence-electron chi connectivity index (χ0n) is 16.2. The highest BCUT2D eigenvalue weighted by Crippen LogP contribution is 2.32. The molecule has 1 aliphatic rings. The number of hydrogen-bond acceptors (Lipinski definition) is 5. The van der Waals surface area contributed by atoms with Crippen molar-refractivity contribution in [3.63, 3.8) is 0 Å². The Morgan fingerprint density at radius 3 is 2.69 bits per heavy atom. The summed E-state index contributed by atoms with van der Waals surface area (Å²) in [5.41, 5.74) is 3.22. The summed E-state index contributed by atoms with van der Waals surface area (Å²) < 4.78 is 30.0. The number of carbonyl (C=O) groups is 1. The second-order valence-corrected chi connectivity index (χ2v) is 9.48. The molecule has 4 nitrogen and oxygen atoms in total. The van der Waals surface area contributed by atoms with Crippen LogP contribution in [0, 0.1) is 31.4 Å². The van der Waals surface area contributed by atoms with Crippen molar-refractivity contribution in [2.24, 2.45) is 5.92 Å². The maximum Gasteiger partial charge on any atom is 0.229 e. The van der Waals surface area contributed by atoms with Gasteiger partial charge in [0, 0.05) is 25.1 Å². The first-order valence-electron chi connectivity index (χ1n) is 9.45. The molecule has 4 rings (SSSR count). The molecular formula is C21H21F2N3OS2. The van der Waals surface area contributed by atoms with E-state index < -0.39 is 11.6 Å². The van der Waals surface area contributed by atoms with Gasteiger partial charge in [-0.15, -0.1) is 0 Å². The van der Waals surface area contributed by atoms with Gasteiger partial charge in [-0.2, -0.15) is 0 Å². The number of anilines is 1. The van der Waals surface area contributed by atoms with Crippen LogP contribution in [-0.4, -0.2) is 28.3 Å². The van der Waals surface area contributed by atoms with Crippen LogP contribution in [0.25, 0.3) is 10.2 Å². The molecule has 152 valence electrons. The highest BCUT2D eigenvalue weighted by Gasteiger charge is 2.26. The number of rotatable bonds is 4. The Bertz CT molecular complexity index is 1060. The highest BCUT2D eigenvalue weighted by molar-refractivity contribution is 7.97. The van der Waals surface area contributed by atoms with Gasteiger partial charge >= 0.3 is 0 Å². The number of nitrogens with one attached hydrogen (secondary N) is 1. The number of fused-ring (bicyclic) bond motifs is 1. The van der Waals surface area contributed by atoms with Crippen LogP contribution >= 0.6 is 23.3 Å². The second-order valence-electron chi connectivity index (χ2n) is 7.31. The quantitative estimate of drug-likeness (QED) is 0.548. The van der Waals surface area contributed by atoms with Crippen molar-refractivity contribution in [3.8, 4) is 0 Å². The van der Waals surface area contributed by atoms with E-state index in [1.54, 1.807) is 0 Å². The van der Waals surface area contributed by atoms with Crippen LogP contribution in [0.4, 0.5) is 13.9 Å². The Labute approximate surface area is 176 Å². The molecule has 3 aromatic rings. The molecular weight excluding hydrogens is 412 g/mol. The molecule has 1 aromatic heterocycles. The molecule has 0 spiro atoms. The summed E-state index contributed by atoms with van der Waals surface area (Å²) in [6, 6.07) is 7.77. The van der Waals surface area contributed by atoms with Gasteiger partial charge in [-0.3, -0.25) is 4.79 Å². The number of nitrogens with zero attached hydrogens (tertiary/aromatic N) is 2. The molecule has 2 heterocycles. The molecule has 8 heteroatoms. The summed E-state index contributed by atoms with van der Waals surface area (Å²) in [7, 11) is 0. The van der Waals surface area contributed by atoms with Crippen molar-refractivity contribution >= 4 is 44.5 Å². The van der Waals surface area contributed by atoms with Crippen LogP contribution < -0.4 is 5.32 Å². The molecule has 2 aromatic carbocycles. The number of carbonyl (C=O) groups excluding carboxylic acids is 1. The first-order valence-corrected chi connectivity index (χ1v) is 11.0. The van der Waals surface area contributed by atoms with E-state index in [1.165, 1.54) is 41.0 Å². The lowest BCUT2D eigenvalue weighted by molar-refractivity contribution is -0.120. The lowest BCUT2D eigenvalue weighted by Crippen LogP contribution is -2.34. The van der Waals surface area contributed by atoms with Crippen LogP contribution in [0.1, 0.15) is 24.0 Å². The number of benzene rings is 2. The van der Waals surface area contributed by atoms with Crippen LogP contribution in [0.2, 0.25) is 0 Å². The molecule has 0 bridgehead atoms. The SMILES string of the molecule is Cc1cc(C)c2nc(NC(=O)C3CCN(Sc4ccc(F)cc4F)CC3)sc2c1. The van der Waals surface area contributed by atoms with Crippen LogP contribution in [0.5, 0.6) is 0 Å². The summed E-state index contributed by atoms with van der Waals surface area (Å²) in [6.45, 7) is 5.40. The van der Waals surface area contributed by atoms with Crippen molar-refractivity contribution in [1.82, 2.24) is 9.29 Å². The predicted molar refractivity (Wildman–Crippen MR) is 114 cm³/mol. The van der Waals surface area contributed by atoms with Gasteiger partial charge in [0.05, 0.1) is 15.1 Å². The average Bonchev–Trinajstić information content (AvgIpc) is 3.07. The summed E-state index contributed by atoms with van der Waals surface area (Å²) in [5.74, 6) is -1.26. The van der Waals surface area contributed by atoms with Crippen molar-refractivity contribution in [2.45, 2.75) is 31.6 Å². The molecule has 0 aliphatic carbocycles. The Hall–Kier alpha value is -2.03. The van der Waals surface area contributed by atoms with Crippen LogP contribution in [0.15, 0.2) is 35.2 Å². The Morgan fingerprint density at radius 2 is 1.97 bits per heavy atom. The number of hydrogen-bond donors (Lipinski definition) is 1. The van der Waals surface area contributed by atoms with Gasteiger partial charge in [-0.1, -0.05) is 17.4 Å². The van der Waals surface area contributed by atoms with E-state index in [1.807, 2.05) is 18.2 Å². The minimum absolute atomic E-state index is 0.0176. The summed E-state index contributed by atoms with van der Waals surface area (Å²) in [4.78, 5) is 17.7. The topological polar surface area (TPSA) is 45.2 Å². The van der Waals surface area contributed by atoms with E-state index in [2.05, 4.69) is 22.4 Å². The first kappa shape index (κ1) is 20.3. The fraction of sp³-hybridized carbons (Fsp3) is 0.333. The molecule has 29 heavy (non-hydrogen) atoms. The van der Waals surface area contributed by atoms with E-state index in [4.69, 9.17) is 0 Å². The Kier molecular flexibility index (Phi) is 5.85. The number of halogens is 2. The predicted octanol–water partition coefficient (Wildman–Crippen LogP) is 5.55. The molecule has 0 saturated carbocycles. The molecule has 1 fully saturated rings. The standard InChI is InChI=1S/C21H21F2N3OS2/c1-12-9-13(2)19-18(10-12)28-21(24-19)25-20(27)14-5-7-26(8-6-14)29-17-4-3-15(22)11-16(17)23/h3-4,9-11,14H,5-8H2,1-2H3,(H,24,25,27). The van der Waals surface area contributed by atoms with Crippen LogP contribution in [0.3, 0.4) is 0 Å². The number of amides is 1. The van der Waals surface area contributed by atoms with Gasteiger partial charge in [0.1, 0.15) is 11.6 Å². The van der Waals surface area contributed by atoms with Crippen molar-refractivity contribution in [2.75, 3.05) is 18.4 Å². The fourth-order valence-corrected chi connectivity index (χ4v) is 5.52. The number of piperidine rings is 1. The normalized spacial score (nSPS) is 15.7. The van der Waals surface area contributed by atoms with Gasteiger partial charge in [0.15, 0.2) is 5.13 Å². The zero-order valence-corrected chi connectivity index (χ0v) is 17.8. The van der Waals surface area contributed by atoms with Gasteiger partial charge in [-0.05, 0) is 68.0 Å². The van der Waals surface area contributed by atoms with E-state index in [9.17, 15) is 13.6 Å². The van der Waals surface area contributed by atoms with Gasteiger partial charge in [0.25, 0.3) is 0 Å². The third-order valence-electron chi connectivity index (χ3n) is 5.01. The van der Waals surface area contributed by atoms with Crippen LogP contribution in [-0.2, 0) is 4.79 Å². The van der Waals surface area contributed by atoms with Crippen molar-refractivity contribution in [3.05, 3.63) is 53.1 Å². The van der Waals surface area contributed by atoms with Crippen molar-refractivity contribution in [1.29, 1.82) is 0 Å². The summed E-state index contributed by atoms with van der Waals surface area (Å²) in [5, 5.41) is 3.60. The molecule has 1 aliphatic heterocycles. The zero-order chi connectivity index (χ0) is 20.5. The largest absolute Gasteiger partial charge is 0.302 e. The molecule has 1 saturated heterocycles. The first-order chi connectivity index (χ1) is 13.9. The van der Waals surface area contributed by atoms with E-state index in [-0.39, 0.29) is 11.8 Å². The van der Waals surface area contributed by atoms with Gasteiger partial charge in [0.2, 0.25) is 5.91 Å². The Balaban J connectivity index is 1.35. The molecule has 0 unspecified atom stereocenters. The number of aromatic nitrogens is 1. The average molecular weight is 434 g/mol. The number of thiazole rings is 1. The lowest BCUT2D eigenvalue weighted by Gasteiger charge is -2.30. The molecule has 1 amide bonds. The molecule has 1 N–H and O–H groups in total. The van der Waals surface area contributed by atoms with E-state index in [0.29, 0.717) is 36.0 Å². The van der Waals surface area contributed by atoms with Gasteiger partial charge in [-0.25, -0.2) is 18.1 Å². The lowest BCUT2D eigenvalue weighted by atomic mass is 9.97. The minimum atomic E-state index is -0.581. The summed E-state index contributed by atoms with van der Waals surface area (Å²) in [6.07, 6.45) is 1.37. The maximum absolute atomic E-state index is 13.8. The molecule has 0 radical (unpaired) electrons. The smallest absolute Gasteiger partial charge is 0.229 e.